The minimum Gasteiger partial charge on any atom is -0.365 e. The Morgan fingerprint density at radius 2 is 1.68 bits per heavy atom. The predicted octanol–water partition coefficient (Wildman–Crippen LogP) is 6.26. The third kappa shape index (κ3) is 4.07. The summed E-state index contributed by atoms with van der Waals surface area (Å²) in [6, 6.07) is 22.3. The molecule has 1 heterocycles. The molecule has 0 atom stereocenters. The van der Waals surface area contributed by atoms with Crippen LogP contribution in [0.1, 0.15) is 16.7 Å². The molecule has 0 fully saturated rings. The van der Waals surface area contributed by atoms with Crippen LogP contribution in [0.2, 0.25) is 5.02 Å². The number of para-hydroxylation sites is 1. The Morgan fingerprint density at radius 1 is 0.893 bits per heavy atom. The molecule has 1 aromatic heterocycles. The van der Waals surface area contributed by atoms with E-state index in [9.17, 15) is 0 Å². The van der Waals surface area contributed by atoms with Crippen molar-refractivity contribution in [3.8, 4) is 0 Å². The van der Waals surface area contributed by atoms with E-state index in [1.807, 2.05) is 49.4 Å². The molecule has 0 spiro atoms. The Bertz CT molecular complexity index is 1120. The van der Waals surface area contributed by atoms with E-state index in [0.29, 0.717) is 17.5 Å². The topological polar surface area (TPSA) is 49.8 Å². The van der Waals surface area contributed by atoms with Gasteiger partial charge in [-0.1, -0.05) is 59.6 Å². The first-order valence-electron chi connectivity index (χ1n) is 9.18. The Kier molecular flexibility index (Phi) is 5.13. The molecule has 28 heavy (non-hydrogen) atoms. The molecule has 2 N–H and O–H groups in total. The van der Waals surface area contributed by atoms with Crippen LogP contribution in [0, 0.1) is 13.8 Å². The lowest BCUT2D eigenvalue weighted by Gasteiger charge is -2.12. The number of benzene rings is 3. The average Bonchev–Trinajstić information content (AvgIpc) is 2.70. The second-order valence-electron chi connectivity index (χ2n) is 6.84. The molecule has 0 radical (unpaired) electrons. The molecule has 140 valence electrons. The Labute approximate surface area is 169 Å². The van der Waals surface area contributed by atoms with Gasteiger partial charge < -0.3 is 10.6 Å². The van der Waals surface area contributed by atoms with Crippen LogP contribution in [0.15, 0.2) is 66.7 Å². The van der Waals surface area contributed by atoms with Gasteiger partial charge in [0.15, 0.2) is 0 Å². The van der Waals surface area contributed by atoms with Crippen LogP contribution < -0.4 is 10.6 Å². The lowest BCUT2D eigenvalue weighted by atomic mass is 10.1. The second kappa shape index (κ2) is 7.87. The first-order valence-corrected chi connectivity index (χ1v) is 9.56. The smallest absolute Gasteiger partial charge is 0.229 e. The fourth-order valence-corrected chi connectivity index (χ4v) is 3.14. The summed E-state index contributed by atoms with van der Waals surface area (Å²) in [4.78, 5) is 9.35. The highest BCUT2D eigenvalue weighted by Crippen LogP contribution is 2.26. The maximum absolute atomic E-state index is 6.24. The highest BCUT2D eigenvalue weighted by Gasteiger charge is 2.08. The van der Waals surface area contributed by atoms with Gasteiger partial charge >= 0.3 is 0 Å². The maximum Gasteiger partial charge on any atom is 0.229 e. The van der Waals surface area contributed by atoms with E-state index in [2.05, 4.69) is 46.8 Å². The molecule has 0 aliphatic heterocycles. The molecule has 0 bridgehead atoms. The average molecular weight is 389 g/mol. The zero-order chi connectivity index (χ0) is 19.5. The van der Waals surface area contributed by atoms with Crippen molar-refractivity contribution in [1.82, 2.24) is 9.97 Å². The maximum atomic E-state index is 6.24. The molecule has 4 rings (SSSR count). The van der Waals surface area contributed by atoms with E-state index in [1.54, 1.807) is 0 Å². The number of nitrogens with zero attached hydrogens (tertiary/aromatic N) is 2. The van der Waals surface area contributed by atoms with Gasteiger partial charge in [0, 0.05) is 22.6 Å². The molecule has 0 aliphatic rings. The molecular weight excluding hydrogens is 368 g/mol. The third-order valence-corrected chi connectivity index (χ3v) is 5.02. The van der Waals surface area contributed by atoms with E-state index in [4.69, 9.17) is 16.6 Å². The standard InChI is InChI=1S/C23H21ClN4/c1-15-7-10-17(11-8-15)14-25-22-19-5-3-4-6-21(19)27-23(28-22)26-18-12-9-16(2)20(24)13-18/h3-13H,14H2,1-2H3,(H2,25,26,27,28). The first kappa shape index (κ1) is 18.3. The summed E-state index contributed by atoms with van der Waals surface area (Å²) < 4.78 is 0. The number of aryl methyl sites for hydroxylation is 2. The third-order valence-electron chi connectivity index (χ3n) is 4.61. The number of rotatable bonds is 5. The van der Waals surface area contributed by atoms with Gasteiger partial charge in [-0.3, -0.25) is 0 Å². The van der Waals surface area contributed by atoms with Crippen LogP contribution in [0.5, 0.6) is 0 Å². The van der Waals surface area contributed by atoms with Crippen LogP contribution in [-0.2, 0) is 6.54 Å². The van der Waals surface area contributed by atoms with E-state index in [0.717, 1.165) is 28.0 Å². The van der Waals surface area contributed by atoms with Gasteiger partial charge in [-0.25, -0.2) is 4.98 Å². The lowest BCUT2D eigenvalue weighted by molar-refractivity contribution is 1.10. The number of halogens is 1. The molecule has 0 amide bonds. The number of anilines is 3. The molecule has 4 nitrogen and oxygen atoms in total. The first-order chi connectivity index (χ1) is 13.6. The lowest BCUT2D eigenvalue weighted by Crippen LogP contribution is -2.05. The van der Waals surface area contributed by atoms with Gasteiger partial charge in [0.2, 0.25) is 5.95 Å². The number of aromatic nitrogens is 2. The van der Waals surface area contributed by atoms with Crippen molar-refractivity contribution in [3.63, 3.8) is 0 Å². The van der Waals surface area contributed by atoms with Crippen LogP contribution in [0.3, 0.4) is 0 Å². The van der Waals surface area contributed by atoms with E-state index >= 15 is 0 Å². The minimum atomic E-state index is 0.532. The predicted molar refractivity (Wildman–Crippen MR) is 118 cm³/mol. The van der Waals surface area contributed by atoms with Gasteiger partial charge in [-0.05, 0) is 49.2 Å². The molecule has 0 saturated heterocycles. The zero-order valence-electron chi connectivity index (χ0n) is 15.8. The summed E-state index contributed by atoms with van der Waals surface area (Å²) >= 11 is 6.24. The van der Waals surface area contributed by atoms with E-state index < -0.39 is 0 Å². The molecule has 0 unspecified atom stereocenters. The van der Waals surface area contributed by atoms with Gasteiger partial charge in [0.1, 0.15) is 5.82 Å². The quantitative estimate of drug-likeness (QED) is 0.424. The minimum absolute atomic E-state index is 0.532. The number of nitrogens with one attached hydrogen (secondary N) is 2. The van der Waals surface area contributed by atoms with Crippen molar-refractivity contribution in [2.45, 2.75) is 20.4 Å². The van der Waals surface area contributed by atoms with Crippen molar-refractivity contribution in [1.29, 1.82) is 0 Å². The van der Waals surface area contributed by atoms with Crippen molar-refractivity contribution in [3.05, 3.63) is 88.4 Å². The molecular formula is C23H21ClN4. The van der Waals surface area contributed by atoms with Gasteiger partial charge in [0.05, 0.1) is 5.52 Å². The molecule has 0 saturated carbocycles. The van der Waals surface area contributed by atoms with Crippen LogP contribution >= 0.6 is 11.6 Å². The van der Waals surface area contributed by atoms with Gasteiger partial charge in [-0.2, -0.15) is 4.98 Å². The molecule has 4 aromatic rings. The summed E-state index contributed by atoms with van der Waals surface area (Å²) in [5.74, 6) is 1.33. The summed E-state index contributed by atoms with van der Waals surface area (Å²) in [5, 5.41) is 8.42. The van der Waals surface area contributed by atoms with Crippen molar-refractivity contribution in [2.24, 2.45) is 0 Å². The fourth-order valence-electron chi connectivity index (χ4n) is 2.96. The second-order valence-corrected chi connectivity index (χ2v) is 7.25. The summed E-state index contributed by atoms with van der Waals surface area (Å²) in [6.45, 7) is 4.76. The Balaban J connectivity index is 1.64. The van der Waals surface area contributed by atoms with Crippen molar-refractivity contribution < 1.29 is 0 Å². The molecule has 5 heteroatoms. The van der Waals surface area contributed by atoms with E-state index in [-0.39, 0.29) is 0 Å². The van der Waals surface area contributed by atoms with Gasteiger partial charge in [-0.15, -0.1) is 0 Å². The molecule has 3 aromatic carbocycles. The SMILES string of the molecule is Cc1ccc(CNc2nc(Nc3ccc(C)c(Cl)c3)nc3ccccc23)cc1. The van der Waals surface area contributed by atoms with Crippen LogP contribution in [0.25, 0.3) is 10.9 Å². The number of hydrogen-bond donors (Lipinski definition) is 2. The largest absolute Gasteiger partial charge is 0.365 e. The highest BCUT2D eigenvalue weighted by molar-refractivity contribution is 6.31. The molecule has 0 aliphatic carbocycles. The van der Waals surface area contributed by atoms with E-state index in [1.165, 1.54) is 11.1 Å². The highest BCUT2D eigenvalue weighted by atomic mass is 35.5. The normalized spacial score (nSPS) is 10.8. The number of hydrogen-bond acceptors (Lipinski definition) is 4. The summed E-state index contributed by atoms with van der Waals surface area (Å²) in [5.41, 5.74) is 5.22. The monoisotopic (exact) mass is 388 g/mol. The van der Waals surface area contributed by atoms with Crippen LogP contribution in [-0.4, -0.2) is 9.97 Å². The summed E-state index contributed by atoms with van der Waals surface area (Å²) in [6.07, 6.45) is 0. The van der Waals surface area contributed by atoms with Crippen molar-refractivity contribution >= 4 is 40.0 Å². The van der Waals surface area contributed by atoms with Crippen LogP contribution in [0.4, 0.5) is 17.5 Å². The van der Waals surface area contributed by atoms with Gasteiger partial charge in [0.25, 0.3) is 0 Å². The fraction of sp³-hybridized carbons (Fsp3) is 0.130. The number of fused-ring (bicyclic) bond motifs is 1. The Hall–Kier alpha value is -3.11. The van der Waals surface area contributed by atoms with Crippen molar-refractivity contribution in [2.75, 3.05) is 10.6 Å². The Morgan fingerprint density at radius 3 is 2.46 bits per heavy atom. The summed E-state index contributed by atoms with van der Waals surface area (Å²) in [7, 11) is 0. The zero-order valence-corrected chi connectivity index (χ0v) is 16.6.